The summed E-state index contributed by atoms with van der Waals surface area (Å²) < 4.78 is 4.75. The molecule has 2 rings (SSSR count). The fourth-order valence-electron chi connectivity index (χ4n) is 2.03. The molecule has 0 atom stereocenters. The normalized spacial score (nSPS) is 16.9. The van der Waals surface area contributed by atoms with Crippen LogP contribution in [0.1, 0.15) is 35.2 Å². The van der Waals surface area contributed by atoms with Gasteiger partial charge in [0.15, 0.2) is 0 Å². The van der Waals surface area contributed by atoms with Gasteiger partial charge in [-0.25, -0.2) is 4.79 Å². The average Bonchev–Trinajstić information content (AvgIpc) is 2.25. The molecule has 0 radical (unpaired) electrons. The third-order valence-corrected chi connectivity index (χ3v) is 3.11. The Morgan fingerprint density at radius 2 is 2.00 bits per heavy atom. The van der Waals surface area contributed by atoms with E-state index in [2.05, 4.69) is 0 Å². The minimum absolute atomic E-state index is 0. The van der Waals surface area contributed by atoms with Crippen LogP contribution in [0.4, 0.5) is 0 Å². The lowest BCUT2D eigenvalue weighted by Crippen LogP contribution is -2.44. The molecular formula is C12H16ClNO2. The first-order valence-electron chi connectivity index (χ1n) is 5.14. The predicted octanol–water partition coefficient (Wildman–Crippen LogP) is 2.23. The maximum atomic E-state index is 11.5. The highest BCUT2D eigenvalue weighted by Gasteiger charge is 2.37. The Bertz CT molecular complexity index is 388. The van der Waals surface area contributed by atoms with E-state index in [1.54, 1.807) is 6.07 Å². The van der Waals surface area contributed by atoms with Crippen molar-refractivity contribution < 1.29 is 9.53 Å². The molecular weight excluding hydrogens is 226 g/mol. The van der Waals surface area contributed by atoms with Crippen molar-refractivity contribution >= 4 is 18.4 Å². The Hall–Kier alpha value is -1.06. The smallest absolute Gasteiger partial charge is 0.338 e. The zero-order valence-electron chi connectivity index (χ0n) is 9.23. The van der Waals surface area contributed by atoms with Crippen LogP contribution in [0.15, 0.2) is 24.3 Å². The highest BCUT2D eigenvalue weighted by atomic mass is 35.5. The van der Waals surface area contributed by atoms with Gasteiger partial charge in [0.1, 0.15) is 0 Å². The number of carbonyl (C=O) groups is 1. The van der Waals surface area contributed by atoms with E-state index in [-0.39, 0.29) is 23.9 Å². The number of benzene rings is 1. The summed E-state index contributed by atoms with van der Waals surface area (Å²) in [5, 5.41) is 0. The van der Waals surface area contributed by atoms with Crippen LogP contribution in [-0.2, 0) is 10.3 Å². The predicted molar refractivity (Wildman–Crippen MR) is 64.7 cm³/mol. The Balaban J connectivity index is 0.00000128. The summed E-state index contributed by atoms with van der Waals surface area (Å²) in [6, 6.07) is 7.44. The third kappa shape index (κ3) is 2.06. The summed E-state index contributed by atoms with van der Waals surface area (Å²) in [6.45, 7) is 0. The second kappa shape index (κ2) is 4.85. The molecule has 1 aromatic carbocycles. The Morgan fingerprint density at radius 3 is 2.50 bits per heavy atom. The molecule has 1 saturated carbocycles. The van der Waals surface area contributed by atoms with Crippen LogP contribution in [0, 0.1) is 0 Å². The molecule has 1 fully saturated rings. The molecule has 3 nitrogen and oxygen atoms in total. The molecule has 1 aliphatic rings. The lowest BCUT2D eigenvalue weighted by molar-refractivity contribution is 0.0595. The van der Waals surface area contributed by atoms with Gasteiger partial charge in [0.25, 0.3) is 0 Å². The topological polar surface area (TPSA) is 52.3 Å². The largest absolute Gasteiger partial charge is 0.465 e. The quantitative estimate of drug-likeness (QED) is 0.808. The molecule has 0 saturated heterocycles. The molecule has 1 aliphatic carbocycles. The van der Waals surface area contributed by atoms with Crippen molar-refractivity contribution in [3.63, 3.8) is 0 Å². The van der Waals surface area contributed by atoms with E-state index in [9.17, 15) is 4.79 Å². The maximum absolute atomic E-state index is 11.5. The first-order chi connectivity index (χ1) is 7.17. The summed E-state index contributed by atoms with van der Waals surface area (Å²) in [5.74, 6) is -0.303. The van der Waals surface area contributed by atoms with Crippen molar-refractivity contribution in [2.45, 2.75) is 24.8 Å². The van der Waals surface area contributed by atoms with Crippen LogP contribution >= 0.6 is 12.4 Å². The van der Waals surface area contributed by atoms with Gasteiger partial charge in [-0.1, -0.05) is 18.2 Å². The van der Waals surface area contributed by atoms with Gasteiger partial charge in [-0.3, -0.25) is 0 Å². The van der Waals surface area contributed by atoms with Crippen molar-refractivity contribution in [3.05, 3.63) is 35.4 Å². The molecule has 4 heteroatoms. The Kier molecular flexibility index (Phi) is 3.94. The van der Waals surface area contributed by atoms with Crippen LogP contribution < -0.4 is 5.73 Å². The van der Waals surface area contributed by atoms with Crippen molar-refractivity contribution in [2.75, 3.05) is 7.11 Å². The zero-order chi connectivity index (χ0) is 10.9. The number of esters is 1. The first-order valence-corrected chi connectivity index (χ1v) is 5.14. The van der Waals surface area contributed by atoms with E-state index >= 15 is 0 Å². The van der Waals surface area contributed by atoms with Crippen LogP contribution in [0.25, 0.3) is 0 Å². The monoisotopic (exact) mass is 241 g/mol. The van der Waals surface area contributed by atoms with Gasteiger partial charge in [0.2, 0.25) is 0 Å². The summed E-state index contributed by atoms with van der Waals surface area (Å²) in [7, 11) is 1.39. The van der Waals surface area contributed by atoms with E-state index in [0.29, 0.717) is 5.56 Å². The second-order valence-corrected chi connectivity index (χ2v) is 4.05. The molecule has 0 aromatic heterocycles. The molecule has 0 unspecified atom stereocenters. The van der Waals surface area contributed by atoms with E-state index in [4.69, 9.17) is 10.5 Å². The number of halogens is 1. The van der Waals surface area contributed by atoms with E-state index in [1.807, 2.05) is 18.2 Å². The number of hydrogen-bond acceptors (Lipinski definition) is 3. The summed E-state index contributed by atoms with van der Waals surface area (Å²) in [6.07, 6.45) is 3.02. The molecule has 16 heavy (non-hydrogen) atoms. The molecule has 0 aliphatic heterocycles. The second-order valence-electron chi connectivity index (χ2n) is 4.05. The summed E-state index contributed by atoms with van der Waals surface area (Å²) in [4.78, 5) is 11.5. The minimum atomic E-state index is -0.315. The van der Waals surface area contributed by atoms with E-state index in [0.717, 1.165) is 24.8 Å². The van der Waals surface area contributed by atoms with Crippen molar-refractivity contribution in [2.24, 2.45) is 5.73 Å². The summed E-state index contributed by atoms with van der Waals surface area (Å²) in [5.41, 5.74) is 7.41. The lowest BCUT2D eigenvalue weighted by atomic mass is 9.71. The maximum Gasteiger partial charge on any atom is 0.338 e. The van der Waals surface area contributed by atoms with E-state index in [1.165, 1.54) is 7.11 Å². The Morgan fingerprint density at radius 1 is 1.38 bits per heavy atom. The van der Waals surface area contributed by atoms with Crippen LogP contribution in [-0.4, -0.2) is 13.1 Å². The SMILES string of the molecule is COC(=O)c1ccccc1C1(N)CCC1.Cl. The molecule has 0 amide bonds. The molecule has 1 aromatic rings. The molecule has 88 valence electrons. The van der Waals surface area contributed by atoms with Gasteiger partial charge in [-0.15, -0.1) is 12.4 Å². The number of carbonyl (C=O) groups excluding carboxylic acids is 1. The van der Waals surface area contributed by atoms with E-state index < -0.39 is 0 Å². The van der Waals surface area contributed by atoms with Crippen molar-refractivity contribution in [1.82, 2.24) is 0 Å². The van der Waals surface area contributed by atoms with Gasteiger partial charge in [-0.05, 0) is 30.9 Å². The van der Waals surface area contributed by atoms with Gasteiger partial charge in [0.05, 0.1) is 12.7 Å². The molecule has 2 N–H and O–H groups in total. The van der Waals surface area contributed by atoms with Crippen LogP contribution in [0.2, 0.25) is 0 Å². The number of methoxy groups -OCH3 is 1. The zero-order valence-corrected chi connectivity index (χ0v) is 10.0. The van der Waals surface area contributed by atoms with Crippen molar-refractivity contribution in [3.8, 4) is 0 Å². The Labute approximate surface area is 101 Å². The fourth-order valence-corrected chi connectivity index (χ4v) is 2.03. The highest BCUT2D eigenvalue weighted by Crippen LogP contribution is 2.40. The van der Waals surface area contributed by atoms with Crippen LogP contribution in [0.5, 0.6) is 0 Å². The molecule has 0 bridgehead atoms. The van der Waals surface area contributed by atoms with Gasteiger partial charge in [-0.2, -0.15) is 0 Å². The number of nitrogens with two attached hydrogens (primary N) is 1. The third-order valence-electron chi connectivity index (χ3n) is 3.11. The van der Waals surface area contributed by atoms with Gasteiger partial charge < -0.3 is 10.5 Å². The first kappa shape index (κ1) is 13.0. The van der Waals surface area contributed by atoms with Crippen LogP contribution in [0.3, 0.4) is 0 Å². The number of rotatable bonds is 2. The molecule has 0 heterocycles. The standard InChI is InChI=1S/C12H15NO2.ClH/c1-15-11(14)9-5-2-3-6-10(9)12(13)7-4-8-12;/h2-3,5-6H,4,7-8,13H2,1H3;1H. The average molecular weight is 242 g/mol. The lowest BCUT2D eigenvalue weighted by Gasteiger charge is -2.39. The van der Waals surface area contributed by atoms with Crippen molar-refractivity contribution in [1.29, 1.82) is 0 Å². The minimum Gasteiger partial charge on any atom is -0.465 e. The fraction of sp³-hybridized carbons (Fsp3) is 0.417. The number of hydrogen-bond donors (Lipinski definition) is 1. The van der Waals surface area contributed by atoms with Gasteiger partial charge in [0, 0.05) is 5.54 Å². The highest BCUT2D eigenvalue weighted by molar-refractivity contribution is 5.91. The van der Waals surface area contributed by atoms with Gasteiger partial charge >= 0.3 is 5.97 Å². The number of ether oxygens (including phenoxy) is 1. The summed E-state index contributed by atoms with van der Waals surface area (Å²) >= 11 is 0. The molecule has 0 spiro atoms.